The van der Waals surface area contributed by atoms with E-state index in [-0.39, 0.29) is 11.2 Å². The van der Waals surface area contributed by atoms with Crippen molar-refractivity contribution in [3.63, 3.8) is 0 Å². The third-order valence-corrected chi connectivity index (χ3v) is 2.67. The van der Waals surface area contributed by atoms with Crippen molar-refractivity contribution in [2.45, 2.75) is 24.0 Å². The van der Waals surface area contributed by atoms with E-state index in [1.165, 1.54) is 18.7 Å². The zero-order valence-corrected chi connectivity index (χ0v) is 9.47. The summed E-state index contributed by atoms with van der Waals surface area (Å²) in [4.78, 5) is 11.8. The molecule has 0 aromatic heterocycles. The molecule has 78 valence electrons. The fourth-order valence-electron chi connectivity index (χ4n) is 1.05. The zero-order chi connectivity index (χ0) is 11.3. The summed E-state index contributed by atoms with van der Waals surface area (Å²) in [6, 6.07) is 9.59. The van der Waals surface area contributed by atoms with E-state index in [1.54, 1.807) is 0 Å². The Bertz CT molecular complexity index is 381. The van der Waals surface area contributed by atoms with Crippen molar-refractivity contribution < 1.29 is 4.79 Å². The summed E-state index contributed by atoms with van der Waals surface area (Å²) in [5.74, 6) is -0.0826. The van der Waals surface area contributed by atoms with E-state index >= 15 is 0 Å². The van der Waals surface area contributed by atoms with Crippen LogP contribution in [-0.2, 0) is 4.79 Å². The predicted octanol–water partition coefficient (Wildman–Crippen LogP) is 2.65. The van der Waals surface area contributed by atoms with Crippen LogP contribution >= 0.6 is 11.8 Å². The van der Waals surface area contributed by atoms with Gasteiger partial charge >= 0.3 is 0 Å². The van der Waals surface area contributed by atoms with Crippen LogP contribution in [0.4, 0.5) is 5.69 Å². The summed E-state index contributed by atoms with van der Waals surface area (Å²) in [6.45, 7) is 3.33. The topological polar surface area (TPSA) is 52.9 Å². The van der Waals surface area contributed by atoms with Gasteiger partial charge in [-0.3, -0.25) is 4.79 Å². The van der Waals surface area contributed by atoms with Crippen molar-refractivity contribution in [3.8, 4) is 6.07 Å². The van der Waals surface area contributed by atoms with Crippen molar-refractivity contribution in [1.82, 2.24) is 0 Å². The van der Waals surface area contributed by atoms with Gasteiger partial charge in [0, 0.05) is 17.5 Å². The van der Waals surface area contributed by atoms with Crippen LogP contribution in [0.15, 0.2) is 29.2 Å². The first-order valence-corrected chi connectivity index (χ1v) is 5.43. The molecule has 0 fully saturated rings. The first-order chi connectivity index (χ1) is 7.11. The molecule has 1 amide bonds. The number of thioether (sulfide) groups is 1. The third-order valence-electron chi connectivity index (χ3n) is 1.67. The summed E-state index contributed by atoms with van der Waals surface area (Å²) in [7, 11) is 0. The van der Waals surface area contributed by atoms with Crippen molar-refractivity contribution >= 4 is 23.4 Å². The Hall–Kier alpha value is -1.47. The van der Waals surface area contributed by atoms with Crippen molar-refractivity contribution in [3.05, 3.63) is 24.3 Å². The number of carbonyl (C=O) groups excluding carboxylic acids is 1. The van der Waals surface area contributed by atoms with Gasteiger partial charge in [0.25, 0.3) is 0 Å². The number of amides is 1. The predicted molar refractivity (Wildman–Crippen MR) is 61.7 cm³/mol. The minimum Gasteiger partial charge on any atom is -0.326 e. The normalized spacial score (nSPS) is 11.5. The lowest BCUT2D eigenvalue weighted by atomic mass is 10.3. The van der Waals surface area contributed by atoms with Crippen LogP contribution in [0.2, 0.25) is 0 Å². The summed E-state index contributed by atoms with van der Waals surface area (Å²) >= 11 is 1.50. The van der Waals surface area contributed by atoms with Crippen LogP contribution in [0, 0.1) is 11.3 Å². The van der Waals surface area contributed by atoms with Crippen LogP contribution in [0.25, 0.3) is 0 Å². The largest absolute Gasteiger partial charge is 0.326 e. The number of anilines is 1. The lowest BCUT2D eigenvalue weighted by molar-refractivity contribution is -0.114. The highest BCUT2D eigenvalue weighted by Gasteiger charge is 2.02. The molecule has 0 radical (unpaired) electrons. The zero-order valence-electron chi connectivity index (χ0n) is 8.65. The number of nitrogens with zero attached hydrogens (tertiary/aromatic N) is 1. The molecular formula is C11H12N2OS. The summed E-state index contributed by atoms with van der Waals surface area (Å²) < 4.78 is 0. The van der Waals surface area contributed by atoms with Crippen LogP contribution in [0.5, 0.6) is 0 Å². The molecule has 1 rings (SSSR count). The molecule has 0 aliphatic rings. The van der Waals surface area contributed by atoms with Crippen LogP contribution in [0.1, 0.15) is 13.8 Å². The standard InChI is InChI=1S/C11H12N2OS/c1-8(7-12)15-11-5-3-10(4-6-11)13-9(2)14/h3-6,8H,1-2H3,(H,13,14)/t8-/m1/s1. The highest BCUT2D eigenvalue weighted by molar-refractivity contribution is 8.00. The SMILES string of the molecule is CC(=O)Nc1ccc(S[C@H](C)C#N)cc1. The van der Waals surface area contributed by atoms with Crippen LogP contribution in [-0.4, -0.2) is 11.2 Å². The molecule has 4 heteroatoms. The quantitative estimate of drug-likeness (QED) is 0.797. The van der Waals surface area contributed by atoms with Gasteiger partial charge in [0.15, 0.2) is 0 Å². The fraction of sp³-hybridized carbons (Fsp3) is 0.273. The monoisotopic (exact) mass is 220 g/mol. The minimum atomic E-state index is -0.0826. The number of carbonyl (C=O) groups is 1. The minimum absolute atomic E-state index is 0.0587. The molecule has 0 spiro atoms. The van der Waals surface area contributed by atoms with Crippen molar-refractivity contribution in [1.29, 1.82) is 5.26 Å². The number of nitriles is 1. The maximum atomic E-state index is 10.8. The maximum absolute atomic E-state index is 10.8. The van der Waals surface area contributed by atoms with Crippen molar-refractivity contribution in [2.75, 3.05) is 5.32 Å². The van der Waals surface area contributed by atoms with Gasteiger partial charge in [-0.25, -0.2) is 0 Å². The van der Waals surface area contributed by atoms with Gasteiger partial charge in [-0.15, -0.1) is 11.8 Å². The van der Waals surface area contributed by atoms with E-state index in [2.05, 4.69) is 11.4 Å². The Morgan fingerprint density at radius 1 is 1.47 bits per heavy atom. The molecule has 1 N–H and O–H groups in total. The van der Waals surface area contributed by atoms with Gasteiger partial charge in [-0.2, -0.15) is 5.26 Å². The van der Waals surface area contributed by atoms with Crippen LogP contribution < -0.4 is 5.32 Å². The lowest BCUT2D eigenvalue weighted by Gasteiger charge is -2.05. The van der Waals surface area contributed by atoms with E-state index in [1.807, 2.05) is 31.2 Å². The summed E-state index contributed by atoms with van der Waals surface area (Å²) in [5, 5.41) is 11.3. The van der Waals surface area contributed by atoms with E-state index in [9.17, 15) is 4.79 Å². The molecule has 1 atom stereocenters. The molecule has 0 aliphatic carbocycles. The second-order valence-electron chi connectivity index (χ2n) is 3.09. The highest BCUT2D eigenvalue weighted by Crippen LogP contribution is 2.24. The summed E-state index contributed by atoms with van der Waals surface area (Å²) in [6.07, 6.45) is 0. The molecule has 0 saturated carbocycles. The Kier molecular flexibility index (Phi) is 4.19. The van der Waals surface area contributed by atoms with E-state index < -0.39 is 0 Å². The molecule has 0 bridgehead atoms. The molecule has 0 unspecified atom stereocenters. The van der Waals surface area contributed by atoms with E-state index in [0.29, 0.717) is 0 Å². The van der Waals surface area contributed by atoms with Gasteiger partial charge in [0.05, 0.1) is 11.3 Å². The second-order valence-corrected chi connectivity index (χ2v) is 4.51. The molecule has 0 heterocycles. The molecule has 15 heavy (non-hydrogen) atoms. The highest BCUT2D eigenvalue weighted by atomic mass is 32.2. The lowest BCUT2D eigenvalue weighted by Crippen LogP contribution is -2.05. The van der Waals surface area contributed by atoms with Crippen molar-refractivity contribution in [2.24, 2.45) is 0 Å². The first kappa shape index (κ1) is 11.6. The number of rotatable bonds is 3. The van der Waals surface area contributed by atoms with Gasteiger partial charge in [-0.05, 0) is 31.2 Å². The van der Waals surface area contributed by atoms with Gasteiger partial charge < -0.3 is 5.32 Å². The summed E-state index contributed by atoms with van der Waals surface area (Å²) in [5.41, 5.74) is 0.775. The molecule has 3 nitrogen and oxygen atoms in total. The number of hydrogen-bond acceptors (Lipinski definition) is 3. The van der Waals surface area contributed by atoms with Gasteiger partial charge in [-0.1, -0.05) is 0 Å². The van der Waals surface area contributed by atoms with E-state index in [4.69, 9.17) is 5.26 Å². The van der Waals surface area contributed by atoms with Gasteiger partial charge in [0.2, 0.25) is 5.91 Å². The molecule has 0 saturated heterocycles. The first-order valence-electron chi connectivity index (χ1n) is 4.55. The average molecular weight is 220 g/mol. The Morgan fingerprint density at radius 3 is 2.53 bits per heavy atom. The smallest absolute Gasteiger partial charge is 0.221 e. The maximum Gasteiger partial charge on any atom is 0.221 e. The Balaban J connectivity index is 2.65. The number of hydrogen-bond donors (Lipinski definition) is 1. The second kappa shape index (κ2) is 5.42. The molecule has 1 aromatic carbocycles. The Labute approximate surface area is 93.5 Å². The molecular weight excluding hydrogens is 208 g/mol. The van der Waals surface area contributed by atoms with E-state index in [0.717, 1.165) is 10.6 Å². The third kappa shape index (κ3) is 4.05. The Morgan fingerprint density at radius 2 is 2.07 bits per heavy atom. The van der Waals surface area contributed by atoms with Gasteiger partial charge in [0.1, 0.15) is 0 Å². The average Bonchev–Trinajstić information content (AvgIpc) is 2.20. The molecule has 1 aromatic rings. The number of benzene rings is 1. The molecule has 0 aliphatic heterocycles. The fourth-order valence-corrected chi connectivity index (χ4v) is 1.80. The van der Waals surface area contributed by atoms with Crippen LogP contribution in [0.3, 0.4) is 0 Å². The number of nitrogens with one attached hydrogen (secondary N) is 1.